The second kappa shape index (κ2) is 11.8. The number of carbonyl (C=O) groups excluding carboxylic acids is 3. The lowest BCUT2D eigenvalue weighted by atomic mass is 10.0. The number of nitrogens with one attached hydrogen (secondary N) is 3. The number of allylic oxidation sites excluding steroid dienone is 1. The van der Waals surface area contributed by atoms with Gasteiger partial charge in [0.25, 0.3) is 5.91 Å². The summed E-state index contributed by atoms with van der Waals surface area (Å²) in [5.41, 5.74) is 3.56. The molecule has 9 heteroatoms. The summed E-state index contributed by atoms with van der Waals surface area (Å²) in [6, 6.07) is 6.69. The van der Waals surface area contributed by atoms with Gasteiger partial charge < -0.3 is 15.7 Å². The molecule has 0 aliphatic carbocycles. The molecule has 1 aromatic rings. The molecule has 1 fully saturated rings. The first-order valence-electron chi connectivity index (χ1n) is 10.4. The Labute approximate surface area is 181 Å². The Hall–Kier alpha value is -3.20. The summed E-state index contributed by atoms with van der Waals surface area (Å²) >= 11 is 0. The van der Waals surface area contributed by atoms with Gasteiger partial charge in [0, 0.05) is 19.4 Å². The molecule has 4 N–H and O–H groups in total. The van der Waals surface area contributed by atoms with Crippen LogP contribution in [0.3, 0.4) is 0 Å². The van der Waals surface area contributed by atoms with Crippen LogP contribution in [-0.2, 0) is 25.6 Å². The topological polar surface area (TPSA) is 128 Å². The van der Waals surface area contributed by atoms with E-state index in [2.05, 4.69) is 16.1 Å². The highest BCUT2D eigenvalue weighted by molar-refractivity contribution is 5.92. The van der Waals surface area contributed by atoms with Crippen LogP contribution < -0.4 is 16.1 Å². The number of hydrazine groups is 1. The Balaban J connectivity index is 2.03. The zero-order valence-corrected chi connectivity index (χ0v) is 17.8. The molecule has 0 radical (unpaired) electrons. The molecule has 0 saturated carbocycles. The summed E-state index contributed by atoms with van der Waals surface area (Å²) in [4.78, 5) is 49.0. The lowest BCUT2D eigenvalue weighted by Crippen LogP contribution is -2.60. The van der Waals surface area contributed by atoms with Crippen LogP contribution in [0, 0.1) is 0 Å². The largest absolute Gasteiger partial charge is 0.480 e. The van der Waals surface area contributed by atoms with Crippen LogP contribution in [0.5, 0.6) is 0 Å². The number of amides is 3. The maximum absolute atomic E-state index is 12.9. The molecule has 1 aromatic carbocycles. The third-order valence-electron chi connectivity index (χ3n) is 4.95. The number of benzene rings is 1. The zero-order chi connectivity index (χ0) is 22.8. The van der Waals surface area contributed by atoms with Crippen molar-refractivity contribution >= 4 is 23.7 Å². The highest BCUT2D eigenvalue weighted by atomic mass is 16.4. The van der Waals surface area contributed by atoms with E-state index in [0.717, 1.165) is 5.56 Å². The SMILES string of the molecule is C/C=C/CC(=O)NC(Cc1ccccc1)C(=O)N[C@@H](C)C(=O)N1CCC[C@@H](C(=O)O)N1. The normalized spacial score (nSPS) is 18.3. The third kappa shape index (κ3) is 7.53. The van der Waals surface area contributed by atoms with E-state index in [1.807, 2.05) is 30.3 Å². The molecule has 1 unspecified atom stereocenters. The minimum atomic E-state index is -1.03. The van der Waals surface area contributed by atoms with Crippen LogP contribution >= 0.6 is 0 Å². The molecule has 9 nitrogen and oxygen atoms in total. The maximum Gasteiger partial charge on any atom is 0.322 e. The molecule has 0 spiro atoms. The van der Waals surface area contributed by atoms with Crippen molar-refractivity contribution in [1.82, 2.24) is 21.1 Å². The quantitative estimate of drug-likeness (QED) is 0.429. The lowest BCUT2D eigenvalue weighted by Gasteiger charge is -2.33. The molecular weight excluding hydrogens is 400 g/mol. The minimum absolute atomic E-state index is 0.151. The van der Waals surface area contributed by atoms with E-state index < -0.39 is 35.9 Å². The highest BCUT2D eigenvalue weighted by Gasteiger charge is 2.31. The minimum Gasteiger partial charge on any atom is -0.480 e. The van der Waals surface area contributed by atoms with E-state index in [9.17, 15) is 19.2 Å². The van der Waals surface area contributed by atoms with Crippen molar-refractivity contribution < 1.29 is 24.3 Å². The zero-order valence-electron chi connectivity index (χ0n) is 17.8. The lowest BCUT2D eigenvalue weighted by molar-refractivity contribution is -0.148. The van der Waals surface area contributed by atoms with Gasteiger partial charge in [0.2, 0.25) is 11.8 Å². The van der Waals surface area contributed by atoms with E-state index in [1.54, 1.807) is 19.1 Å². The van der Waals surface area contributed by atoms with Crippen molar-refractivity contribution in [3.63, 3.8) is 0 Å². The van der Waals surface area contributed by atoms with Gasteiger partial charge in [-0.25, -0.2) is 5.43 Å². The number of carboxylic acid groups (broad SMARTS) is 1. The first-order valence-corrected chi connectivity index (χ1v) is 10.4. The monoisotopic (exact) mass is 430 g/mol. The Kier molecular flexibility index (Phi) is 9.20. The van der Waals surface area contributed by atoms with Crippen molar-refractivity contribution in [3.05, 3.63) is 48.0 Å². The second-order valence-corrected chi connectivity index (χ2v) is 7.47. The van der Waals surface area contributed by atoms with E-state index in [4.69, 9.17) is 5.11 Å². The molecule has 168 valence electrons. The van der Waals surface area contributed by atoms with Crippen LogP contribution in [0.25, 0.3) is 0 Å². The van der Waals surface area contributed by atoms with Crippen molar-refractivity contribution in [2.24, 2.45) is 0 Å². The third-order valence-corrected chi connectivity index (χ3v) is 4.95. The van der Waals surface area contributed by atoms with Gasteiger partial charge in [-0.3, -0.25) is 24.2 Å². The average molecular weight is 431 g/mol. The first kappa shape index (κ1) is 24.1. The standard InChI is InChI=1S/C22H30N4O5/c1-3-4-12-19(27)24-18(14-16-9-6-5-7-10-16)20(28)23-15(2)21(29)26-13-8-11-17(25-26)22(30)31/h3-7,9-10,15,17-18,25H,8,11-14H2,1-2H3,(H,23,28)(H,24,27)(H,30,31)/b4-3+/t15-,17-,18?/m0/s1. The van der Waals surface area contributed by atoms with Gasteiger partial charge in [-0.05, 0) is 32.3 Å². The smallest absolute Gasteiger partial charge is 0.322 e. The van der Waals surface area contributed by atoms with Gasteiger partial charge in [0.1, 0.15) is 18.1 Å². The molecule has 3 amide bonds. The average Bonchev–Trinajstić information content (AvgIpc) is 2.77. The molecule has 2 rings (SSSR count). The summed E-state index contributed by atoms with van der Waals surface area (Å²) in [6.07, 6.45) is 4.85. The molecule has 1 saturated heterocycles. The van der Waals surface area contributed by atoms with E-state index in [-0.39, 0.29) is 18.7 Å². The number of aliphatic carboxylic acids is 1. The summed E-state index contributed by atoms with van der Waals surface area (Å²) in [7, 11) is 0. The Morgan fingerprint density at radius 3 is 2.58 bits per heavy atom. The summed E-state index contributed by atoms with van der Waals surface area (Å²) < 4.78 is 0. The Morgan fingerprint density at radius 2 is 1.94 bits per heavy atom. The number of carboxylic acids is 1. The number of carbonyl (C=O) groups is 4. The van der Waals surface area contributed by atoms with Crippen LogP contribution in [0.4, 0.5) is 0 Å². The second-order valence-electron chi connectivity index (χ2n) is 7.47. The molecule has 1 heterocycles. The van der Waals surface area contributed by atoms with Crippen LogP contribution in [0.15, 0.2) is 42.5 Å². The molecule has 0 bridgehead atoms. The first-order chi connectivity index (χ1) is 14.8. The fraction of sp³-hybridized carbons (Fsp3) is 0.455. The van der Waals surface area contributed by atoms with Crippen LogP contribution in [0.1, 0.15) is 38.7 Å². The van der Waals surface area contributed by atoms with Crippen molar-refractivity contribution in [2.75, 3.05) is 6.54 Å². The summed E-state index contributed by atoms with van der Waals surface area (Å²) in [5, 5.41) is 15.8. The van der Waals surface area contributed by atoms with Gasteiger partial charge in [0.15, 0.2) is 0 Å². The molecule has 0 aromatic heterocycles. The predicted molar refractivity (Wildman–Crippen MR) is 115 cm³/mol. The number of rotatable bonds is 9. The van der Waals surface area contributed by atoms with Crippen molar-refractivity contribution in [2.45, 2.75) is 57.7 Å². The Bertz CT molecular complexity index is 811. The number of nitrogens with zero attached hydrogens (tertiary/aromatic N) is 1. The molecule has 1 aliphatic rings. The number of hydrogen-bond acceptors (Lipinski definition) is 5. The van der Waals surface area contributed by atoms with Gasteiger partial charge in [-0.1, -0.05) is 42.5 Å². The summed E-state index contributed by atoms with van der Waals surface area (Å²) in [6.45, 7) is 3.70. The predicted octanol–water partition coefficient (Wildman–Crippen LogP) is 0.765. The van der Waals surface area contributed by atoms with Gasteiger partial charge in [0.05, 0.1) is 0 Å². The highest BCUT2D eigenvalue weighted by Crippen LogP contribution is 2.09. The van der Waals surface area contributed by atoms with E-state index in [1.165, 1.54) is 11.9 Å². The molecule has 1 aliphatic heterocycles. The van der Waals surface area contributed by atoms with Crippen LogP contribution in [-0.4, -0.2) is 58.5 Å². The van der Waals surface area contributed by atoms with E-state index in [0.29, 0.717) is 19.4 Å². The van der Waals surface area contributed by atoms with Crippen molar-refractivity contribution in [1.29, 1.82) is 0 Å². The molecule has 3 atom stereocenters. The number of hydrogen-bond donors (Lipinski definition) is 4. The fourth-order valence-corrected chi connectivity index (χ4v) is 3.27. The van der Waals surface area contributed by atoms with E-state index >= 15 is 0 Å². The fourth-order valence-electron chi connectivity index (χ4n) is 3.27. The molecule has 31 heavy (non-hydrogen) atoms. The van der Waals surface area contributed by atoms with Gasteiger partial charge >= 0.3 is 5.97 Å². The van der Waals surface area contributed by atoms with Crippen molar-refractivity contribution in [3.8, 4) is 0 Å². The Morgan fingerprint density at radius 1 is 1.23 bits per heavy atom. The van der Waals surface area contributed by atoms with Gasteiger partial charge in [-0.2, -0.15) is 0 Å². The molecular formula is C22H30N4O5. The maximum atomic E-state index is 12.9. The van der Waals surface area contributed by atoms with Gasteiger partial charge in [-0.15, -0.1) is 0 Å². The van der Waals surface area contributed by atoms with Crippen LogP contribution in [0.2, 0.25) is 0 Å². The summed E-state index contributed by atoms with van der Waals surface area (Å²) in [5.74, 6) is -2.24.